The van der Waals surface area contributed by atoms with Gasteiger partial charge in [0.15, 0.2) is 0 Å². The third-order valence-electron chi connectivity index (χ3n) is 5.80. The summed E-state index contributed by atoms with van der Waals surface area (Å²) in [6.45, 7) is 5.48. The monoisotopic (exact) mass is 325 g/mol. The van der Waals surface area contributed by atoms with Crippen molar-refractivity contribution in [1.29, 1.82) is 0 Å². The van der Waals surface area contributed by atoms with Crippen LogP contribution in [0.25, 0.3) is 10.8 Å². The second kappa shape index (κ2) is 6.83. The molecule has 4 rings (SSSR count). The van der Waals surface area contributed by atoms with Gasteiger partial charge < -0.3 is 9.84 Å². The number of aryl methyl sites for hydroxylation is 2. The molecule has 128 valence electrons. The summed E-state index contributed by atoms with van der Waals surface area (Å²) in [4.78, 5) is 2.35. The zero-order valence-electron chi connectivity index (χ0n) is 14.5. The lowest BCUT2D eigenvalue weighted by Gasteiger charge is -2.35. The Kier molecular flexibility index (Phi) is 4.57. The largest absolute Gasteiger partial charge is 0.387 e. The number of benzene rings is 2. The van der Waals surface area contributed by atoms with Crippen LogP contribution in [-0.2, 0) is 17.6 Å². The van der Waals surface area contributed by atoms with Crippen molar-refractivity contribution in [3.63, 3.8) is 0 Å². The van der Waals surface area contributed by atoms with Crippen LogP contribution in [-0.4, -0.2) is 42.4 Å². The minimum Gasteiger partial charge on any atom is -0.387 e. The van der Waals surface area contributed by atoms with E-state index in [2.05, 4.69) is 42.2 Å². The number of morpholine rings is 1. The van der Waals surface area contributed by atoms with Crippen LogP contribution >= 0.6 is 0 Å². The summed E-state index contributed by atoms with van der Waals surface area (Å²) in [7, 11) is 0. The molecule has 1 saturated heterocycles. The summed E-state index contributed by atoms with van der Waals surface area (Å²) in [5.41, 5.74) is 4.06. The normalized spacial score (nSPS) is 21.4. The van der Waals surface area contributed by atoms with Crippen LogP contribution in [0.3, 0.4) is 0 Å². The Morgan fingerprint density at radius 3 is 2.54 bits per heavy atom. The maximum absolute atomic E-state index is 11.2. The number of hydrogen-bond donors (Lipinski definition) is 1. The molecular formula is C21H27NO2. The van der Waals surface area contributed by atoms with Crippen LogP contribution in [0, 0.1) is 0 Å². The second-order valence-electron chi connectivity index (χ2n) is 7.19. The molecule has 0 amide bonds. The van der Waals surface area contributed by atoms with Gasteiger partial charge in [-0.25, -0.2) is 0 Å². The summed E-state index contributed by atoms with van der Waals surface area (Å²) in [5, 5.41) is 13.7. The zero-order valence-corrected chi connectivity index (χ0v) is 14.5. The van der Waals surface area contributed by atoms with Crippen molar-refractivity contribution < 1.29 is 9.84 Å². The van der Waals surface area contributed by atoms with Crippen LogP contribution in [0.1, 0.15) is 42.6 Å². The third-order valence-corrected chi connectivity index (χ3v) is 5.80. The molecule has 24 heavy (non-hydrogen) atoms. The van der Waals surface area contributed by atoms with Crippen molar-refractivity contribution in [3.05, 3.63) is 47.0 Å². The van der Waals surface area contributed by atoms with E-state index in [-0.39, 0.29) is 6.04 Å². The van der Waals surface area contributed by atoms with Crippen LogP contribution in [0.5, 0.6) is 0 Å². The first-order chi connectivity index (χ1) is 11.8. The number of fused-ring (bicyclic) bond motifs is 3. The molecule has 1 fully saturated rings. The molecule has 1 heterocycles. The Bertz CT molecular complexity index is 721. The fourth-order valence-electron chi connectivity index (χ4n) is 4.35. The molecule has 0 spiro atoms. The fourth-order valence-corrected chi connectivity index (χ4v) is 4.35. The predicted octanol–water partition coefficient (Wildman–Crippen LogP) is 3.47. The standard InChI is InChI=1S/C21H27NO2/c1-15(22-10-12-24-13-11-22)21(23)20-14-16-6-2-3-7-17(16)18-8-4-5-9-19(18)20/h4-5,8-9,14-15,21,23H,2-3,6-7,10-13H2,1H3. The minimum absolute atomic E-state index is 0.110. The Labute approximate surface area is 144 Å². The SMILES string of the molecule is CC(C(O)c1cc2c(c3ccccc13)CCCC2)N1CCOCC1. The molecule has 2 aliphatic rings. The highest BCUT2D eigenvalue weighted by molar-refractivity contribution is 5.90. The average Bonchev–Trinajstić information content (AvgIpc) is 2.67. The lowest BCUT2D eigenvalue weighted by Crippen LogP contribution is -2.44. The van der Waals surface area contributed by atoms with Gasteiger partial charge in [0.05, 0.1) is 19.3 Å². The molecule has 0 bridgehead atoms. The number of nitrogens with zero attached hydrogens (tertiary/aromatic N) is 1. The number of hydrogen-bond acceptors (Lipinski definition) is 3. The number of aliphatic hydroxyl groups excluding tert-OH is 1. The van der Waals surface area contributed by atoms with Gasteiger partial charge in [0.25, 0.3) is 0 Å². The molecule has 2 unspecified atom stereocenters. The van der Waals surface area contributed by atoms with Crippen LogP contribution in [0.2, 0.25) is 0 Å². The Morgan fingerprint density at radius 2 is 1.75 bits per heavy atom. The zero-order chi connectivity index (χ0) is 16.5. The highest BCUT2D eigenvalue weighted by Crippen LogP contribution is 2.35. The molecule has 0 saturated carbocycles. The van der Waals surface area contributed by atoms with Crippen molar-refractivity contribution in [3.8, 4) is 0 Å². The summed E-state index contributed by atoms with van der Waals surface area (Å²) < 4.78 is 5.46. The Balaban J connectivity index is 1.75. The lowest BCUT2D eigenvalue weighted by molar-refractivity contribution is -0.0162. The van der Waals surface area contributed by atoms with E-state index in [1.807, 2.05) is 0 Å². The van der Waals surface area contributed by atoms with Crippen molar-refractivity contribution >= 4 is 10.8 Å². The number of aliphatic hydroxyl groups is 1. The van der Waals surface area contributed by atoms with E-state index in [1.165, 1.54) is 41.2 Å². The van der Waals surface area contributed by atoms with Crippen LogP contribution < -0.4 is 0 Å². The fraction of sp³-hybridized carbons (Fsp3) is 0.524. The molecule has 2 atom stereocenters. The van der Waals surface area contributed by atoms with Crippen LogP contribution in [0.15, 0.2) is 30.3 Å². The molecule has 1 aliphatic heterocycles. The van der Waals surface area contributed by atoms with E-state index >= 15 is 0 Å². The van der Waals surface area contributed by atoms with Gasteiger partial charge >= 0.3 is 0 Å². The summed E-state index contributed by atoms with van der Waals surface area (Å²) in [5.74, 6) is 0. The molecule has 1 N–H and O–H groups in total. The Hall–Kier alpha value is -1.42. The maximum atomic E-state index is 11.2. The topological polar surface area (TPSA) is 32.7 Å². The summed E-state index contributed by atoms with van der Waals surface area (Å²) >= 11 is 0. The van der Waals surface area contributed by atoms with E-state index in [1.54, 1.807) is 0 Å². The molecule has 1 aliphatic carbocycles. The summed E-state index contributed by atoms with van der Waals surface area (Å²) in [6.07, 6.45) is 4.40. The van der Waals surface area contributed by atoms with Crippen molar-refractivity contribution in [2.45, 2.75) is 44.8 Å². The first kappa shape index (κ1) is 16.1. The van der Waals surface area contributed by atoms with E-state index in [0.29, 0.717) is 0 Å². The highest BCUT2D eigenvalue weighted by atomic mass is 16.5. The summed E-state index contributed by atoms with van der Waals surface area (Å²) in [6, 6.07) is 11.0. The number of rotatable bonds is 3. The predicted molar refractivity (Wildman–Crippen MR) is 97.4 cm³/mol. The van der Waals surface area contributed by atoms with E-state index in [0.717, 1.165) is 38.3 Å². The molecule has 0 radical (unpaired) electrons. The molecule has 2 aromatic rings. The molecule has 0 aromatic heterocycles. The highest BCUT2D eigenvalue weighted by Gasteiger charge is 2.27. The van der Waals surface area contributed by atoms with Crippen LogP contribution in [0.4, 0.5) is 0 Å². The first-order valence-corrected chi connectivity index (χ1v) is 9.29. The maximum Gasteiger partial charge on any atom is 0.0948 e. The van der Waals surface area contributed by atoms with Gasteiger partial charge in [0.2, 0.25) is 0 Å². The van der Waals surface area contributed by atoms with Gasteiger partial charge in [-0.05, 0) is 60.1 Å². The first-order valence-electron chi connectivity index (χ1n) is 9.29. The molecule has 2 aromatic carbocycles. The van der Waals surface area contributed by atoms with Crippen molar-refractivity contribution in [2.75, 3.05) is 26.3 Å². The van der Waals surface area contributed by atoms with E-state index in [9.17, 15) is 5.11 Å². The average molecular weight is 325 g/mol. The molecular weight excluding hydrogens is 298 g/mol. The number of ether oxygens (including phenoxy) is 1. The van der Waals surface area contributed by atoms with Gasteiger partial charge in [-0.15, -0.1) is 0 Å². The van der Waals surface area contributed by atoms with Crippen molar-refractivity contribution in [2.24, 2.45) is 0 Å². The lowest BCUT2D eigenvalue weighted by atomic mass is 9.83. The quantitative estimate of drug-likeness (QED) is 0.938. The Morgan fingerprint density at radius 1 is 1.04 bits per heavy atom. The van der Waals surface area contributed by atoms with E-state index < -0.39 is 6.10 Å². The van der Waals surface area contributed by atoms with Gasteiger partial charge in [-0.2, -0.15) is 0 Å². The third kappa shape index (κ3) is 2.85. The van der Waals surface area contributed by atoms with Gasteiger partial charge in [-0.1, -0.05) is 30.3 Å². The minimum atomic E-state index is -0.458. The van der Waals surface area contributed by atoms with E-state index in [4.69, 9.17) is 4.74 Å². The molecule has 3 nitrogen and oxygen atoms in total. The second-order valence-corrected chi connectivity index (χ2v) is 7.19. The van der Waals surface area contributed by atoms with Gasteiger partial charge in [0.1, 0.15) is 0 Å². The van der Waals surface area contributed by atoms with Crippen molar-refractivity contribution in [1.82, 2.24) is 4.90 Å². The smallest absolute Gasteiger partial charge is 0.0948 e. The van der Waals surface area contributed by atoms with Gasteiger partial charge in [-0.3, -0.25) is 4.90 Å². The molecule has 3 heteroatoms. The van der Waals surface area contributed by atoms with Gasteiger partial charge in [0, 0.05) is 19.1 Å².